The molecule has 124 valence electrons. The van der Waals surface area contributed by atoms with Crippen LogP contribution >= 0.6 is 0 Å². The first-order valence-corrected chi connectivity index (χ1v) is 8.34. The summed E-state index contributed by atoms with van der Waals surface area (Å²) in [7, 11) is 0. The first-order valence-electron chi connectivity index (χ1n) is 8.34. The number of rotatable bonds is 5. The van der Waals surface area contributed by atoms with Gasteiger partial charge in [-0.05, 0) is 72.0 Å². The lowest BCUT2D eigenvalue weighted by atomic mass is 9.95. The van der Waals surface area contributed by atoms with Crippen LogP contribution in [0.15, 0.2) is 11.8 Å². The van der Waals surface area contributed by atoms with Crippen molar-refractivity contribution in [1.82, 2.24) is 9.80 Å². The first kappa shape index (κ1) is 18.5. The van der Waals surface area contributed by atoms with Crippen LogP contribution in [0.1, 0.15) is 54.4 Å². The molecule has 3 heteroatoms. The van der Waals surface area contributed by atoms with Gasteiger partial charge in [-0.3, -0.25) is 4.90 Å². The van der Waals surface area contributed by atoms with Gasteiger partial charge in [0.05, 0.1) is 5.76 Å². The zero-order chi connectivity index (χ0) is 14.5. The maximum absolute atomic E-state index is 5.94. The van der Waals surface area contributed by atoms with Crippen molar-refractivity contribution in [1.29, 1.82) is 0 Å². The van der Waals surface area contributed by atoms with Gasteiger partial charge < -0.3 is 9.64 Å². The summed E-state index contributed by atoms with van der Waals surface area (Å²) in [5.41, 5.74) is 0. The molecule has 2 aliphatic heterocycles. The Bertz CT molecular complexity index is 319. The normalized spacial score (nSPS) is 26.1. The van der Waals surface area contributed by atoms with E-state index < -0.39 is 0 Å². The fourth-order valence-corrected chi connectivity index (χ4v) is 3.41. The van der Waals surface area contributed by atoms with Gasteiger partial charge in [-0.15, -0.1) is 0 Å². The summed E-state index contributed by atoms with van der Waals surface area (Å²) >= 11 is 0. The van der Waals surface area contributed by atoms with E-state index in [4.69, 9.17) is 4.74 Å². The molecule has 1 atom stereocenters. The standard InChI is InChI=1S/C17H32N2O.CH4/c1-5-15(4)20-17-8-9-18(13-17)12-16-6-10-19(11-7-16)14(2)3;/h5,14,16-17H,6-13H2,1-4H3;1H4/b15-5-;. The molecule has 2 rings (SSSR count). The Morgan fingerprint density at radius 1 is 1.19 bits per heavy atom. The molecule has 2 aliphatic rings. The van der Waals surface area contributed by atoms with Crippen LogP contribution in [-0.4, -0.2) is 54.7 Å². The van der Waals surface area contributed by atoms with E-state index in [2.05, 4.69) is 36.6 Å². The average molecular weight is 296 g/mol. The predicted molar refractivity (Wildman–Crippen MR) is 91.5 cm³/mol. The van der Waals surface area contributed by atoms with Crippen LogP contribution in [0.25, 0.3) is 0 Å². The van der Waals surface area contributed by atoms with Crippen LogP contribution in [0, 0.1) is 5.92 Å². The smallest absolute Gasteiger partial charge is 0.112 e. The molecular weight excluding hydrogens is 260 g/mol. The molecule has 0 radical (unpaired) electrons. The van der Waals surface area contributed by atoms with E-state index in [1.807, 2.05) is 6.92 Å². The molecule has 2 saturated heterocycles. The van der Waals surface area contributed by atoms with E-state index in [-0.39, 0.29) is 7.43 Å². The highest BCUT2D eigenvalue weighted by Gasteiger charge is 2.28. The molecule has 0 bridgehead atoms. The summed E-state index contributed by atoms with van der Waals surface area (Å²) in [5, 5.41) is 0. The molecule has 2 fully saturated rings. The Kier molecular flexibility index (Phi) is 7.75. The van der Waals surface area contributed by atoms with Gasteiger partial charge in [-0.2, -0.15) is 0 Å². The maximum atomic E-state index is 5.94. The Morgan fingerprint density at radius 2 is 1.86 bits per heavy atom. The molecule has 0 aromatic heterocycles. The number of piperidine rings is 1. The van der Waals surface area contributed by atoms with Gasteiger partial charge in [0.15, 0.2) is 0 Å². The monoisotopic (exact) mass is 296 g/mol. The molecule has 0 aromatic carbocycles. The molecule has 0 saturated carbocycles. The second-order valence-corrected chi connectivity index (χ2v) is 6.76. The van der Waals surface area contributed by atoms with E-state index in [0.29, 0.717) is 12.1 Å². The zero-order valence-electron chi connectivity index (χ0n) is 13.8. The zero-order valence-corrected chi connectivity index (χ0v) is 13.8. The number of likely N-dealkylation sites (tertiary alicyclic amines) is 2. The summed E-state index contributed by atoms with van der Waals surface area (Å²) < 4.78 is 5.94. The lowest BCUT2D eigenvalue weighted by Crippen LogP contribution is -2.41. The van der Waals surface area contributed by atoms with Crippen molar-refractivity contribution in [3.8, 4) is 0 Å². The van der Waals surface area contributed by atoms with Crippen molar-refractivity contribution in [3.63, 3.8) is 0 Å². The predicted octanol–water partition coefficient (Wildman–Crippen LogP) is 3.76. The molecule has 0 aromatic rings. The molecule has 0 aliphatic carbocycles. The molecule has 0 spiro atoms. The Hall–Kier alpha value is -0.540. The van der Waals surface area contributed by atoms with Crippen LogP contribution in [0.4, 0.5) is 0 Å². The minimum atomic E-state index is 0. The van der Waals surface area contributed by atoms with Crippen LogP contribution in [0.3, 0.4) is 0 Å². The third-order valence-electron chi connectivity index (χ3n) is 4.88. The molecule has 21 heavy (non-hydrogen) atoms. The third kappa shape index (κ3) is 5.63. The highest BCUT2D eigenvalue weighted by atomic mass is 16.5. The quantitative estimate of drug-likeness (QED) is 0.719. The second-order valence-electron chi connectivity index (χ2n) is 6.76. The van der Waals surface area contributed by atoms with Gasteiger partial charge in [-0.25, -0.2) is 0 Å². The summed E-state index contributed by atoms with van der Waals surface area (Å²) in [5.74, 6) is 1.97. The van der Waals surface area contributed by atoms with E-state index >= 15 is 0 Å². The number of hydrogen-bond acceptors (Lipinski definition) is 3. The topological polar surface area (TPSA) is 15.7 Å². The van der Waals surface area contributed by atoms with Crippen molar-refractivity contribution in [2.24, 2.45) is 5.92 Å². The largest absolute Gasteiger partial charge is 0.494 e. The van der Waals surface area contributed by atoms with E-state index in [0.717, 1.165) is 18.2 Å². The minimum Gasteiger partial charge on any atom is -0.494 e. The SMILES string of the molecule is C.C/C=C(/C)OC1CCN(CC2CCN(C(C)C)CC2)C1. The van der Waals surface area contributed by atoms with Gasteiger partial charge in [0.1, 0.15) is 6.10 Å². The number of ether oxygens (including phenoxy) is 1. The summed E-state index contributed by atoms with van der Waals surface area (Å²) in [6.07, 6.45) is 6.41. The van der Waals surface area contributed by atoms with E-state index in [1.54, 1.807) is 0 Å². The number of nitrogens with zero attached hydrogens (tertiary/aromatic N) is 2. The Labute approximate surface area is 132 Å². The fourth-order valence-electron chi connectivity index (χ4n) is 3.41. The maximum Gasteiger partial charge on any atom is 0.112 e. The van der Waals surface area contributed by atoms with E-state index in [1.165, 1.54) is 45.4 Å². The van der Waals surface area contributed by atoms with Crippen LogP contribution in [0.5, 0.6) is 0 Å². The fraction of sp³-hybridized carbons (Fsp3) is 0.889. The van der Waals surface area contributed by atoms with Crippen LogP contribution in [-0.2, 0) is 4.74 Å². The van der Waals surface area contributed by atoms with Gasteiger partial charge in [0, 0.05) is 25.7 Å². The molecule has 0 amide bonds. The molecule has 2 heterocycles. The third-order valence-corrected chi connectivity index (χ3v) is 4.88. The van der Waals surface area contributed by atoms with Crippen molar-refractivity contribution in [2.45, 2.75) is 66.5 Å². The van der Waals surface area contributed by atoms with Crippen LogP contribution in [0.2, 0.25) is 0 Å². The lowest BCUT2D eigenvalue weighted by Gasteiger charge is -2.36. The lowest BCUT2D eigenvalue weighted by molar-refractivity contribution is 0.105. The van der Waals surface area contributed by atoms with Crippen molar-refractivity contribution < 1.29 is 4.74 Å². The second kappa shape index (κ2) is 8.79. The number of allylic oxidation sites excluding steroid dienone is 2. The highest BCUT2D eigenvalue weighted by Crippen LogP contribution is 2.23. The van der Waals surface area contributed by atoms with Crippen LogP contribution < -0.4 is 0 Å². The summed E-state index contributed by atoms with van der Waals surface area (Å²) in [4.78, 5) is 5.23. The van der Waals surface area contributed by atoms with Gasteiger partial charge in [-0.1, -0.05) is 7.43 Å². The number of hydrogen-bond donors (Lipinski definition) is 0. The summed E-state index contributed by atoms with van der Waals surface area (Å²) in [6.45, 7) is 14.9. The molecule has 1 unspecified atom stereocenters. The first-order chi connectivity index (χ1) is 9.58. The van der Waals surface area contributed by atoms with Crippen molar-refractivity contribution in [3.05, 3.63) is 11.8 Å². The minimum absolute atomic E-state index is 0. The molecular formula is C18H36N2O. The Morgan fingerprint density at radius 3 is 2.43 bits per heavy atom. The molecule has 0 N–H and O–H groups in total. The summed E-state index contributed by atoms with van der Waals surface area (Å²) in [6, 6.07) is 0.712. The Balaban J connectivity index is 0.00000220. The van der Waals surface area contributed by atoms with Gasteiger partial charge in [0.2, 0.25) is 0 Å². The van der Waals surface area contributed by atoms with Gasteiger partial charge in [0.25, 0.3) is 0 Å². The average Bonchev–Trinajstić information content (AvgIpc) is 2.86. The van der Waals surface area contributed by atoms with E-state index in [9.17, 15) is 0 Å². The highest BCUT2D eigenvalue weighted by molar-refractivity contribution is 4.89. The van der Waals surface area contributed by atoms with Gasteiger partial charge >= 0.3 is 0 Å². The van der Waals surface area contributed by atoms with Crippen molar-refractivity contribution in [2.75, 3.05) is 32.7 Å². The van der Waals surface area contributed by atoms with Crippen molar-refractivity contribution >= 4 is 0 Å². The molecule has 3 nitrogen and oxygen atoms in total.